The molecule has 0 aromatic heterocycles. The molecule has 1 N–H and O–H groups in total. The van der Waals surface area contributed by atoms with Crippen LogP contribution in [0.1, 0.15) is 29.5 Å². The molecule has 0 radical (unpaired) electrons. The highest BCUT2D eigenvalue weighted by molar-refractivity contribution is 6.30. The second kappa shape index (κ2) is 8.57. The predicted octanol–water partition coefficient (Wildman–Crippen LogP) is 4.38. The average molecular weight is 385 g/mol. The molecular weight excluding hydrogens is 360 g/mol. The molecule has 2 amide bonds. The van der Waals surface area contributed by atoms with E-state index in [0.717, 1.165) is 22.4 Å². The van der Waals surface area contributed by atoms with E-state index in [0.29, 0.717) is 37.4 Å². The highest BCUT2D eigenvalue weighted by atomic mass is 35.5. The monoisotopic (exact) mass is 384 g/mol. The van der Waals surface area contributed by atoms with Crippen LogP contribution < -0.4 is 5.32 Å². The maximum atomic E-state index is 12.6. The average Bonchev–Trinajstić information content (AvgIpc) is 2.66. The number of carbonyl (C=O) groups excluding carboxylic acids is 2. The van der Waals surface area contributed by atoms with Crippen molar-refractivity contribution in [1.82, 2.24) is 4.90 Å². The lowest BCUT2D eigenvalue weighted by molar-refractivity contribution is -0.133. The Labute approximate surface area is 165 Å². The van der Waals surface area contributed by atoms with Gasteiger partial charge in [0.1, 0.15) is 0 Å². The number of amides is 2. The fourth-order valence-corrected chi connectivity index (χ4v) is 3.64. The number of rotatable bonds is 4. The largest absolute Gasteiger partial charge is 0.342 e. The van der Waals surface area contributed by atoms with Gasteiger partial charge in [-0.25, -0.2) is 0 Å². The first-order valence-corrected chi connectivity index (χ1v) is 9.71. The zero-order valence-corrected chi connectivity index (χ0v) is 16.6. The summed E-state index contributed by atoms with van der Waals surface area (Å²) < 4.78 is 0. The second-order valence-corrected chi connectivity index (χ2v) is 7.65. The van der Waals surface area contributed by atoms with E-state index in [1.807, 2.05) is 49.1 Å². The lowest BCUT2D eigenvalue weighted by Crippen LogP contribution is -2.42. The van der Waals surface area contributed by atoms with Gasteiger partial charge >= 0.3 is 0 Å². The summed E-state index contributed by atoms with van der Waals surface area (Å²) in [6.07, 6.45) is 1.77. The SMILES string of the molecule is Cc1cccc(C)c1NC(=O)C1CCN(C(=O)Cc2ccc(Cl)cc2)CC1. The molecule has 1 heterocycles. The Morgan fingerprint density at radius 1 is 1.04 bits per heavy atom. The third-order valence-corrected chi connectivity index (χ3v) is 5.47. The molecule has 2 aromatic carbocycles. The molecule has 3 rings (SSSR count). The maximum absolute atomic E-state index is 12.6. The van der Waals surface area contributed by atoms with E-state index < -0.39 is 0 Å². The number of nitrogens with zero attached hydrogens (tertiary/aromatic N) is 1. The van der Waals surface area contributed by atoms with Crippen LogP contribution in [-0.2, 0) is 16.0 Å². The van der Waals surface area contributed by atoms with Crippen LogP contribution in [0.2, 0.25) is 5.02 Å². The van der Waals surface area contributed by atoms with Crippen molar-refractivity contribution in [1.29, 1.82) is 0 Å². The van der Waals surface area contributed by atoms with Crippen LogP contribution in [0.5, 0.6) is 0 Å². The number of likely N-dealkylation sites (tertiary alicyclic amines) is 1. The molecular formula is C22H25ClN2O2. The van der Waals surface area contributed by atoms with Gasteiger partial charge in [-0.2, -0.15) is 0 Å². The molecule has 2 aromatic rings. The third kappa shape index (κ3) is 4.89. The van der Waals surface area contributed by atoms with Crippen molar-refractivity contribution >= 4 is 29.1 Å². The summed E-state index contributed by atoms with van der Waals surface area (Å²) in [5.41, 5.74) is 4.00. The number of para-hydroxylation sites is 1. The van der Waals surface area contributed by atoms with E-state index in [-0.39, 0.29) is 17.7 Å². The number of benzene rings is 2. The molecule has 1 aliphatic rings. The van der Waals surface area contributed by atoms with Crippen LogP contribution in [0.15, 0.2) is 42.5 Å². The lowest BCUT2D eigenvalue weighted by Gasteiger charge is -2.31. The molecule has 4 nitrogen and oxygen atoms in total. The van der Waals surface area contributed by atoms with E-state index in [2.05, 4.69) is 5.32 Å². The zero-order chi connectivity index (χ0) is 19.4. The van der Waals surface area contributed by atoms with Gasteiger partial charge in [-0.1, -0.05) is 41.9 Å². The first-order valence-electron chi connectivity index (χ1n) is 9.33. The minimum Gasteiger partial charge on any atom is -0.342 e. The molecule has 1 fully saturated rings. The van der Waals surface area contributed by atoms with Crippen molar-refractivity contribution in [2.45, 2.75) is 33.1 Å². The highest BCUT2D eigenvalue weighted by Crippen LogP contribution is 2.24. The normalized spacial score (nSPS) is 14.9. The number of carbonyl (C=O) groups is 2. The summed E-state index contributed by atoms with van der Waals surface area (Å²) in [7, 11) is 0. The van der Waals surface area contributed by atoms with Crippen LogP contribution in [0.3, 0.4) is 0 Å². The standard InChI is InChI=1S/C22H25ClN2O2/c1-15-4-3-5-16(2)21(15)24-22(27)18-10-12-25(13-11-18)20(26)14-17-6-8-19(23)9-7-17/h3-9,18H,10-14H2,1-2H3,(H,24,27). The summed E-state index contributed by atoms with van der Waals surface area (Å²) in [5.74, 6) is 0.103. The molecule has 27 heavy (non-hydrogen) atoms. The van der Waals surface area contributed by atoms with Gasteiger partial charge in [0.2, 0.25) is 11.8 Å². The van der Waals surface area contributed by atoms with Crippen molar-refractivity contribution in [2.24, 2.45) is 5.92 Å². The number of hydrogen-bond acceptors (Lipinski definition) is 2. The molecule has 0 unspecified atom stereocenters. The number of hydrogen-bond donors (Lipinski definition) is 1. The molecule has 1 saturated heterocycles. The quantitative estimate of drug-likeness (QED) is 0.850. The van der Waals surface area contributed by atoms with Gasteiger partial charge < -0.3 is 10.2 Å². The fraction of sp³-hybridized carbons (Fsp3) is 0.364. The van der Waals surface area contributed by atoms with Crippen molar-refractivity contribution in [3.8, 4) is 0 Å². The van der Waals surface area contributed by atoms with E-state index in [4.69, 9.17) is 11.6 Å². The molecule has 0 atom stereocenters. The Kier molecular flexibility index (Phi) is 6.17. The summed E-state index contributed by atoms with van der Waals surface area (Å²) in [5, 5.41) is 3.75. The third-order valence-electron chi connectivity index (χ3n) is 5.22. The van der Waals surface area contributed by atoms with Crippen LogP contribution in [0.25, 0.3) is 0 Å². The molecule has 5 heteroatoms. The lowest BCUT2D eigenvalue weighted by atomic mass is 9.95. The van der Waals surface area contributed by atoms with E-state index >= 15 is 0 Å². The van der Waals surface area contributed by atoms with Crippen LogP contribution in [0.4, 0.5) is 5.69 Å². The molecule has 1 aliphatic heterocycles. The number of piperidine rings is 1. The molecule has 0 spiro atoms. The number of anilines is 1. The van der Waals surface area contributed by atoms with Crippen LogP contribution in [0, 0.1) is 19.8 Å². The smallest absolute Gasteiger partial charge is 0.227 e. The molecule has 0 saturated carbocycles. The van der Waals surface area contributed by atoms with Gasteiger partial charge in [-0.3, -0.25) is 9.59 Å². The number of aryl methyl sites for hydroxylation is 2. The van der Waals surface area contributed by atoms with Crippen LogP contribution >= 0.6 is 11.6 Å². The first kappa shape index (κ1) is 19.4. The number of halogens is 1. The van der Waals surface area contributed by atoms with E-state index in [1.54, 1.807) is 12.1 Å². The Bertz CT molecular complexity index is 804. The van der Waals surface area contributed by atoms with Crippen molar-refractivity contribution in [2.75, 3.05) is 18.4 Å². The van der Waals surface area contributed by atoms with E-state index in [9.17, 15) is 9.59 Å². The molecule has 0 bridgehead atoms. The summed E-state index contributed by atoms with van der Waals surface area (Å²) in [4.78, 5) is 27.0. The van der Waals surface area contributed by atoms with Gasteiger partial charge in [0.25, 0.3) is 0 Å². The Hall–Kier alpha value is -2.33. The molecule has 0 aliphatic carbocycles. The van der Waals surface area contributed by atoms with Gasteiger partial charge in [-0.15, -0.1) is 0 Å². The summed E-state index contributed by atoms with van der Waals surface area (Å²) in [6, 6.07) is 13.4. The predicted molar refractivity (Wildman–Crippen MR) is 109 cm³/mol. The second-order valence-electron chi connectivity index (χ2n) is 7.21. The van der Waals surface area contributed by atoms with Crippen molar-refractivity contribution in [3.05, 3.63) is 64.2 Å². The number of nitrogens with one attached hydrogen (secondary N) is 1. The zero-order valence-electron chi connectivity index (χ0n) is 15.8. The van der Waals surface area contributed by atoms with Gasteiger partial charge in [0.15, 0.2) is 0 Å². The minimum atomic E-state index is -0.0522. The van der Waals surface area contributed by atoms with Gasteiger partial charge in [0, 0.05) is 29.7 Å². The maximum Gasteiger partial charge on any atom is 0.227 e. The summed E-state index contributed by atoms with van der Waals surface area (Å²) >= 11 is 5.89. The minimum absolute atomic E-state index is 0.0522. The summed E-state index contributed by atoms with van der Waals surface area (Å²) in [6.45, 7) is 5.25. The Morgan fingerprint density at radius 3 is 2.22 bits per heavy atom. The van der Waals surface area contributed by atoms with Crippen molar-refractivity contribution in [3.63, 3.8) is 0 Å². The Morgan fingerprint density at radius 2 is 1.63 bits per heavy atom. The fourth-order valence-electron chi connectivity index (χ4n) is 3.52. The van der Waals surface area contributed by atoms with E-state index in [1.165, 1.54) is 0 Å². The van der Waals surface area contributed by atoms with Gasteiger partial charge in [0.05, 0.1) is 6.42 Å². The first-order chi connectivity index (χ1) is 12.9. The van der Waals surface area contributed by atoms with Crippen LogP contribution in [-0.4, -0.2) is 29.8 Å². The Balaban J connectivity index is 1.53. The topological polar surface area (TPSA) is 49.4 Å². The van der Waals surface area contributed by atoms with Crippen molar-refractivity contribution < 1.29 is 9.59 Å². The van der Waals surface area contributed by atoms with Gasteiger partial charge in [-0.05, 0) is 55.5 Å². The highest BCUT2D eigenvalue weighted by Gasteiger charge is 2.27. The molecule has 142 valence electrons.